The third-order valence-corrected chi connectivity index (χ3v) is 3.54. The first-order valence-corrected chi connectivity index (χ1v) is 6.70. The number of rotatable bonds is 4. The number of benzene rings is 1. The molecular formula is C15H22FNO2. The molecule has 106 valence electrons. The molecule has 1 aliphatic rings. The molecule has 4 heteroatoms. The van der Waals surface area contributed by atoms with Crippen LogP contribution in [0.5, 0.6) is 5.75 Å². The summed E-state index contributed by atoms with van der Waals surface area (Å²) in [6.07, 6.45) is 1.92. The molecule has 1 aliphatic heterocycles. The van der Waals surface area contributed by atoms with Crippen LogP contribution in [-0.2, 0) is 11.3 Å². The first-order chi connectivity index (χ1) is 9.00. The lowest BCUT2D eigenvalue weighted by molar-refractivity contribution is -0.0630. The van der Waals surface area contributed by atoms with Gasteiger partial charge in [-0.15, -0.1) is 0 Å². The summed E-state index contributed by atoms with van der Waals surface area (Å²) in [6, 6.07) is 5.36. The summed E-state index contributed by atoms with van der Waals surface area (Å²) in [7, 11) is 1.54. The molecule has 0 spiro atoms. The van der Waals surface area contributed by atoms with Crippen molar-refractivity contribution < 1.29 is 13.9 Å². The molecule has 0 saturated carbocycles. The van der Waals surface area contributed by atoms with Crippen LogP contribution in [0.15, 0.2) is 18.2 Å². The quantitative estimate of drug-likeness (QED) is 0.910. The second kappa shape index (κ2) is 5.88. The van der Waals surface area contributed by atoms with Crippen molar-refractivity contribution in [1.82, 2.24) is 5.32 Å². The molecule has 1 N–H and O–H groups in total. The molecule has 1 atom stereocenters. The van der Waals surface area contributed by atoms with E-state index >= 15 is 0 Å². The number of ether oxygens (including phenoxy) is 2. The fourth-order valence-electron chi connectivity index (χ4n) is 2.46. The SMILES string of the molecule is COc1ccc(CNC2CCOC(C)(C)C2)c(F)c1. The Bertz CT molecular complexity index is 434. The summed E-state index contributed by atoms with van der Waals surface area (Å²) in [5, 5.41) is 3.41. The van der Waals surface area contributed by atoms with Gasteiger partial charge in [0.2, 0.25) is 0 Å². The summed E-state index contributed by atoms with van der Waals surface area (Å²) >= 11 is 0. The molecule has 0 amide bonds. The highest BCUT2D eigenvalue weighted by molar-refractivity contribution is 5.28. The van der Waals surface area contributed by atoms with Gasteiger partial charge in [-0.3, -0.25) is 0 Å². The minimum Gasteiger partial charge on any atom is -0.497 e. The summed E-state index contributed by atoms with van der Waals surface area (Å²) in [5.41, 5.74) is 0.582. The number of methoxy groups -OCH3 is 1. The van der Waals surface area contributed by atoms with Crippen molar-refractivity contribution in [2.45, 2.75) is 44.9 Å². The van der Waals surface area contributed by atoms with E-state index in [0.29, 0.717) is 23.9 Å². The van der Waals surface area contributed by atoms with Crippen LogP contribution in [0.1, 0.15) is 32.3 Å². The molecule has 0 radical (unpaired) electrons. The monoisotopic (exact) mass is 267 g/mol. The smallest absolute Gasteiger partial charge is 0.131 e. The lowest BCUT2D eigenvalue weighted by atomic mass is 9.94. The average Bonchev–Trinajstić information content (AvgIpc) is 2.36. The predicted octanol–water partition coefficient (Wildman–Crippen LogP) is 2.88. The first kappa shape index (κ1) is 14.3. The van der Waals surface area contributed by atoms with Crippen molar-refractivity contribution >= 4 is 0 Å². The van der Waals surface area contributed by atoms with E-state index < -0.39 is 0 Å². The molecule has 1 heterocycles. The molecule has 19 heavy (non-hydrogen) atoms. The topological polar surface area (TPSA) is 30.5 Å². The van der Waals surface area contributed by atoms with Gasteiger partial charge in [0, 0.05) is 30.8 Å². The maximum Gasteiger partial charge on any atom is 0.131 e. The Morgan fingerprint density at radius 1 is 1.47 bits per heavy atom. The fraction of sp³-hybridized carbons (Fsp3) is 0.600. The maximum atomic E-state index is 13.8. The molecule has 0 aliphatic carbocycles. The molecule has 1 unspecified atom stereocenters. The van der Waals surface area contributed by atoms with Crippen LogP contribution in [0.4, 0.5) is 4.39 Å². The van der Waals surface area contributed by atoms with Crippen LogP contribution >= 0.6 is 0 Å². The van der Waals surface area contributed by atoms with Crippen LogP contribution in [0.2, 0.25) is 0 Å². The van der Waals surface area contributed by atoms with Gasteiger partial charge in [-0.2, -0.15) is 0 Å². The Morgan fingerprint density at radius 2 is 2.26 bits per heavy atom. The van der Waals surface area contributed by atoms with Crippen molar-refractivity contribution in [3.8, 4) is 5.75 Å². The van der Waals surface area contributed by atoms with E-state index in [4.69, 9.17) is 9.47 Å². The third-order valence-electron chi connectivity index (χ3n) is 3.54. The molecule has 1 saturated heterocycles. The maximum absolute atomic E-state index is 13.8. The largest absolute Gasteiger partial charge is 0.497 e. The van der Waals surface area contributed by atoms with Crippen LogP contribution in [-0.4, -0.2) is 25.4 Å². The summed E-state index contributed by atoms with van der Waals surface area (Å²) in [5.74, 6) is 0.326. The summed E-state index contributed by atoms with van der Waals surface area (Å²) in [4.78, 5) is 0. The fourth-order valence-corrected chi connectivity index (χ4v) is 2.46. The van der Waals surface area contributed by atoms with E-state index in [1.807, 2.05) is 0 Å². The van der Waals surface area contributed by atoms with E-state index in [1.54, 1.807) is 12.1 Å². The van der Waals surface area contributed by atoms with Crippen molar-refractivity contribution in [1.29, 1.82) is 0 Å². The zero-order valence-electron chi connectivity index (χ0n) is 11.8. The Labute approximate surface area is 114 Å². The lowest BCUT2D eigenvalue weighted by Gasteiger charge is -2.36. The second-order valence-corrected chi connectivity index (χ2v) is 5.64. The van der Waals surface area contributed by atoms with Crippen molar-refractivity contribution in [3.63, 3.8) is 0 Å². The average molecular weight is 267 g/mol. The Balaban J connectivity index is 1.91. The first-order valence-electron chi connectivity index (χ1n) is 6.70. The van der Waals surface area contributed by atoms with E-state index in [0.717, 1.165) is 19.4 Å². The van der Waals surface area contributed by atoms with Crippen molar-refractivity contribution in [2.75, 3.05) is 13.7 Å². The summed E-state index contributed by atoms with van der Waals surface area (Å²) < 4.78 is 24.5. The van der Waals surface area contributed by atoms with Crippen molar-refractivity contribution in [2.24, 2.45) is 0 Å². The second-order valence-electron chi connectivity index (χ2n) is 5.64. The van der Waals surface area contributed by atoms with Gasteiger partial charge in [0.1, 0.15) is 11.6 Å². The molecular weight excluding hydrogens is 245 g/mol. The van der Waals surface area contributed by atoms with E-state index in [9.17, 15) is 4.39 Å². The van der Waals surface area contributed by atoms with Gasteiger partial charge in [0.15, 0.2) is 0 Å². The Morgan fingerprint density at radius 3 is 2.89 bits per heavy atom. The number of nitrogens with one attached hydrogen (secondary N) is 1. The van der Waals surface area contributed by atoms with Gasteiger partial charge in [-0.1, -0.05) is 6.07 Å². The summed E-state index contributed by atoms with van der Waals surface area (Å²) in [6.45, 7) is 5.48. The highest BCUT2D eigenvalue weighted by Gasteiger charge is 2.28. The third kappa shape index (κ3) is 3.91. The van der Waals surface area contributed by atoms with Gasteiger partial charge in [0.25, 0.3) is 0 Å². The zero-order valence-corrected chi connectivity index (χ0v) is 11.8. The van der Waals surface area contributed by atoms with E-state index in [1.165, 1.54) is 13.2 Å². The molecule has 2 rings (SSSR count). The molecule has 1 aromatic carbocycles. The van der Waals surface area contributed by atoms with Gasteiger partial charge in [-0.25, -0.2) is 4.39 Å². The normalized spacial score (nSPS) is 22.2. The number of hydrogen-bond donors (Lipinski definition) is 1. The predicted molar refractivity (Wildman–Crippen MR) is 72.8 cm³/mol. The molecule has 1 aromatic rings. The number of hydrogen-bond acceptors (Lipinski definition) is 3. The Hall–Kier alpha value is -1.13. The minimum absolute atomic E-state index is 0.0889. The highest BCUT2D eigenvalue weighted by Crippen LogP contribution is 2.24. The van der Waals surface area contributed by atoms with Gasteiger partial charge in [0.05, 0.1) is 12.7 Å². The standard InChI is InChI=1S/C15H22FNO2/c1-15(2)9-12(6-7-19-15)17-10-11-4-5-13(18-3)8-14(11)16/h4-5,8,12,17H,6-7,9-10H2,1-3H3. The molecule has 1 fully saturated rings. The van der Waals surface area contributed by atoms with Crippen LogP contribution < -0.4 is 10.1 Å². The van der Waals surface area contributed by atoms with Gasteiger partial charge >= 0.3 is 0 Å². The van der Waals surface area contributed by atoms with Crippen molar-refractivity contribution in [3.05, 3.63) is 29.6 Å². The van der Waals surface area contributed by atoms with E-state index in [-0.39, 0.29) is 11.4 Å². The van der Waals surface area contributed by atoms with Gasteiger partial charge < -0.3 is 14.8 Å². The lowest BCUT2D eigenvalue weighted by Crippen LogP contribution is -2.43. The Kier molecular flexibility index (Phi) is 4.42. The van der Waals surface area contributed by atoms with Crippen LogP contribution in [0.3, 0.4) is 0 Å². The molecule has 0 aromatic heterocycles. The molecule has 3 nitrogen and oxygen atoms in total. The van der Waals surface area contributed by atoms with Crippen LogP contribution in [0.25, 0.3) is 0 Å². The zero-order chi connectivity index (χ0) is 13.9. The van der Waals surface area contributed by atoms with E-state index in [2.05, 4.69) is 19.2 Å². The van der Waals surface area contributed by atoms with Gasteiger partial charge in [-0.05, 0) is 32.8 Å². The van der Waals surface area contributed by atoms with Crippen LogP contribution in [0, 0.1) is 5.82 Å². The minimum atomic E-state index is -0.224. The highest BCUT2D eigenvalue weighted by atomic mass is 19.1. The molecule has 0 bridgehead atoms. The number of halogens is 1.